The molecule has 0 spiro atoms. The maximum Gasteiger partial charge on any atom is 0.255 e. The van der Waals surface area contributed by atoms with Gasteiger partial charge in [0.15, 0.2) is 0 Å². The number of pyridine rings is 1. The van der Waals surface area contributed by atoms with E-state index < -0.39 is 84.1 Å². The van der Waals surface area contributed by atoms with Gasteiger partial charge in [-0.2, -0.15) is 4.98 Å². The number of rotatable bonds is 4. The quantitative estimate of drug-likeness (QED) is 0.706. The lowest BCUT2D eigenvalue weighted by Crippen LogP contribution is -2.42. The third-order valence-electron chi connectivity index (χ3n) is 5.38. The molecule has 4 rings (SSSR count). The Balaban J connectivity index is 1.87. The lowest BCUT2D eigenvalue weighted by atomic mass is 9.90. The molecule has 0 amide bonds. The Morgan fingerprint density at radius 3 is 2.81 bits per heavy atom. The first-order valence-electron chi connectivity index (χ1n) is 13.7. The number of piperidine rings is 1. The average Bonchev–Trinajstić information content (AvgIpc) is 2.77. The van der Waals surface area contributed by atoms with Crippen molar-refractivity contribution in [1.82, 2.24) is 18.8 Å². The van der Waals surface area contributed by atoms with E-state index in [1.54, 1.807) is 0 Å². The smallest absolute Gasteiger partial charge is 0.255 e. The first kappa shape index (κ1) is 14.1. The predicted octanol–water partition coefficient (Wildman–Crippen LogP) is 1.36. The molecule has 170 valence electrons. The Kier molecular flexibility index (Phi) is 3.84. The maximum absolute atomic E-state index is 15.1. The minimum atomic E-state index is -4.00. The van der Waals surface area contributed by atoms with E-state index >= 15 is 4.39 Å². The molecule has 3 heterocycles. The lowest BCUT2D eigenvalue weighted by molar-refractivity contribution is 0.0555. The van der Waals surface area contributed by atoms with Gasteiger partial charge in [-0.15, -0.1) is 0 Å². The van der Waals surface area contributed by atoms with Crippen molar-refractivity contribution < 1.29 is 28.9 Å². The van der Waals surface area contributed by atoms with E-state index in [-0.39, 0.29) is 30.3 Å². The summed E-state index contributed by atoms with van der Waals surface area (Å²) in [6.07, 6.45) is -6.50. The normalized spacial score (nSPS) is 34.7. The second kappa shape index (κ2) is 8.44. The van der Waals surface area contributed by atoms with Gasteiger partial charge in [-0.05, 0) is 44.9 Å². The number of sulfonamides is 1. The Hall–Kier alpha value is -2.11. The number of anilines is 1. The molecule has 0 aromatic carbocycles. The molecule has 0 radical (unpaired) electrons. The van der Waals surface area contributed by atoms with Gasteiger partial charge >= 0.3 is 0 Å². The fraction of sp³-hybridized carbons (Fsp3) is 0.650. The van der Waals surface area contributed by atoms with E-state index in [2.05, 4.69) is 15.3 Å². The van der Waals surface area contributed by atoms with E-state index in [9.17, 15) is 18.3 Å². The maximum atomic E-state index is 15.1. The summed E-state index contributed by atoms with van der Waals surface area (Å²) in [7, 11) is -4.00. The number of alkyl halides is 1. The van der Waals surface area contributed by atoms with Gasteiger partial charge in [-0.3, -0.25) is 9.36 Å². The lowest BCUT2D eigenvalue weighted by Gasteiger charge is -2.32. The number of aliphatic hydroxyl groups excluding tert-OH is 1. The number of hydrogen-bond donors (Lipinski definition) is 2. The number of nitrogens with zero attached hydrogens (tertiary/aromatic N) is 4. The summed E-state index contributed by atoms with van der Waals surface area (Å²) in [6, 6.07) is -3.08. The fourth-order valence-corrected chi connectivity index (χ4v) is 4.33. The summed E-state index contributed by atoms with van der Waals surface area (Å²) in [5.74, 6) is -0.528. The van der Waals surface area contributed by atoms with Gasteiger partial charge in [0.25, 0.3) is 5.56 Å². The number of aromatic nitrogens is 3. The Bertz CT molecular complexity index is 1440. The van der Waals surface area contributed by atoms with Crippen molar-refractivity contribution in [3.8, 4) is 0 Å². The zero-order valence-electron chi connectivity index (χ0n) is 24.7. The van der Waals surface area contributed by atoms with Crippen molar-refractivity contribution in [1.29, 1.82) is 0 Å². The van der Waals surface area contributed by atoms with Gasteiger partial charge in [0.05, 0.1) is 19.8 Å². The minimum absolute atomic E-state index is 0.00971. The SMILES string of the molecule is [2H]C([2H])([2H])c1cc2cnc(NC3([2H])C([2H])([2H])CN(S(C)(=O)=O)CC3([2H])[2H])nc2n([C@H]2C[C@H](O)CC[C@@H]2F)c1=O. The average molecular weight is 462 g/mol. The van der Waals surface area contributed by atoms with Crippen LogP contribution in [0, 0.1) is 6.85 Å². The molecule has 2 fully saturated rings. The van der Waals surface area contributed by atoms with Crippen LogP contribution in [-0.4, -0.2) is 70.0 Å². The molecule has 2 aliphatic rings. The molecule has 1 saturated heterocycles. The molecule has 9 nitrogen and oxygen atoms in total. The third kappa shape index (κ3) is 4.58. The van der Waals surface area contributed by atoms with Crippen LogP contribution in [0.4, 0.5) is 10.3 Å². The van der Waals surface area contributed by atoms with E-state index in [4.69, 9.17) is 11.0 Å². The summed E-state index contributed by atoms with van der Waals surface area (Å²) in [6.45, 7) is -4.55. The van der Waals surface area contributed by atoms with Crippen molar-refractivity contribution in [2.75, 3.05) is 24.7 Å². The number of halogens is 1. The van der Waals surface area contributed by atoms with Crippen LogP contribution in [0.25, 0.3) is 11.0 Å². The second-order valence-electron chi connectivity index (χ2n) is 7.64. The largest absolute Gasteiger partial charge is 0.393 e. The Labute approximate surface area is 191 Å². The van der Waals surface area contributed by atoms with E-state index in [1.165, 1.54) is 0 Å². The van der Waals surface area contributed by atoms with Gasteiger partial charge in [-0.1, -0.05) is 0 Å². The van der Waals surface area contributed by atoms with Gasteiger partial charge in [0, 0.05) is 45.8 Å². The highest BCUT2D eigenvalue weighted by molar-refractivity contribution is 7.88. The van der Waals surface area contributed by atoms with Crippen LogP contribution < -0.4 is 10.9 Å². The molecule has 31 heavy (non-hydrogen) atoms. The van der Waals surface area contributed by atoms with E-state index in [0.29, 0.717) is 4.31 Å². The summed E-state index contributed by atoms with van der Waals surface area (Å²) in [5, 5.41) is 12.5. The standard InChI is InChI=1S/C20H28FN5O4S/c1-12-9-13-11-22-20(23-14-5-7-25(8-6-14)31(2,29)30)24-18(13)26(19(12)28)17-10-15(27)3-4-16(17)21/h9,11,14-17,27H,3-8,10H2,1-2H3,(H,22,23,24)/t15-,16+,17+/m1/s1/i1D3,5D2,6D2,14D. The monoisotopic (exact) mass is 461 g/mol. The summed E-state index contributed by atoms with van der Waals surface area (Å²) in [5.41, 5.74) is -1.95. The van der Waals surface area contributed by atoms with Crippen LogP contribution >= 0.6 is 0 Å². The van der Waals surface area contributed by atoms with Crippen LogP contribution in [0.1, 0.15) is 54.6 Å². The number of fused-ring (bicyclic) bond motifs is 1. The first-order valence-corrected chi connectivity index (χ1v) is 11.5. The summed E-state index contributed by atoms with van der Waals surface area (Å²) in [4.78, 5) is 21.5. The van der Waals surface area contributed by atoms with E-state index in [1.807, 2.05) is 0 Å². The topological polar surface area (TPSA) is 117 Å². The highest BCUT2D eigenvalue weighted by Crippen LogP contribution is 2.32. The van der Waals surface area contributed by atoms with Gasteiger partial charge in [0.2, 0.25) is 16.0 Å². The number of aliphatic hydroxyl groups is 1. The van der Waals surface area contributed by atoms with Gasteiger partial charge in [-0.25, -0.2) is 22.1 Å². The van der Waals surface area contributed by atoms with Crippen molar-refractivity contribution in [3.63, 3.8) is 0 Å². The molecule has 3 atom stereocenters. The van der Waals surface area contributed by atoms with Crippen molar-refractivity contribution in [3.05, 3.63) is 28.2 Å². The van der Waals surface area contributed by atoms with Gasteiger partial charge < -0.3 is 10.4 Å². The number of nitrogens with one attached hydrogen (secondary N) is 1. The van der Waals surface area contributed by atoms with E-state index in [0.717, 1.165) is 23.1 Å². The van der Waals surface area contributed by atoms with Crippen molar-refractivity contribution in [2.45, 2.75) is 63.2 Å². The van der Waals surface area contributed by atoms with Gasteiger partial charge in [0.1, 0.15) is 11.8 Å². The number of aryl methyl sites for hydroxylation is 1. The van der Waals surface area contributed by atoms with Crippen LogP contribution in [0.2, 0.25) is 0 Å². The molecule has 0 bridgehead atoms. The highest BCUT2D eigenvalue weighted by atomic mass is 32.2. The third-order valence-corrected chi connectivity index (χ3v) is 6.58. The molecule has 2 N–H and O–H groups in total. The fourth-order valence-electron chi connectivity index (χ4n) is 3.73. The molecule has 2 aromatic rings. The van der Waals surface area contributed by atoms with Crippen LogP contribution in [-0.2, 0) is 10.0 Å². The van der Waals surface area contributed by atoms with Crippen LogP contribution in [0.5, 0.6) is 0 Å². The Morgan fingerprint density at radius 1 is 1.39 bits per heavy atom. The Morgan fingerprint density at radius 2 is 2.13 bits per heavy atom. The second-order valence-corrected chi connectivity index (χ2v) is 9.62. The minimum Gasteiger partial charge on any atom is -0.393 e. The van der Waals surface area contributed by atoms with Crippen molar-refractivity contribution in [2.24, 2.45) is 0 Å². The molecular formula is C20H28FN5O4S. The summed E-state index contributed by atoms with van der Waals surface area (Å²) >= 11 is 0. The summed E-state index contributed by atoms with van der Waals surface area (Å²) < 4.78 is 106. The predicted molar refractivity (Wildman–Crippen MR) is 115 cm³/mol. The molecule has 1 saturated carbocycles. The van der Waals surface area contributed by atoms with Crippen LogP contribution in [0.3, 0.4) is 0 Å². The molecule has 0 unspecified atom stereocenters. The highest BCUT2D eigenvalue weighted by Gasteiger charge is 2.33. The zero-order chi connectivity index (χ0) is 29.3. The number of hydrogen-bond acceptors (Lipinski definition) is 7. The van der Waals surface area contributed by atoms with Crippen LogP contribution in [0.15, 0.2) is 17.1 Å². The molecule has 1 aliphatic heterocycles. The molecular weight excluding hydrogens is 425 g/mol. The molecule has 1 aliphatic carbocycles. The molecule has 11 heteroatoms. The molecule has 2 aromatic heterocycles. The zero-order valence-corrected chi connectivity index (χ0v) is 17.5. The first-order chi connectivity index (χ1) is 17.7. The van der Waals surface area contributed by atoms with Crippen molar-refractivity contribution >= 4 is 27.0 Å².